The van der Waals surface area contributed by atoms with Crippen LogP contribution >= 0.6 is 0 Å². The van der Waals surface area contributed by atoms with Crippen molar-refractivity contribution in [2.45, 2.75) is 150 Å². The maximum absolute atomic E-state index is 10.9. The van der Waals surface area contributed by atoms with Crippen LogP contribution in [0.25, 0.3) is 0 Å². The zero-order chi connectivity index (χ0) is 33.0. The summed E-state index contributed by atoms with van der Waals surface area (Å²) in [5.74, 6) is 0.860. The second-order valence-corrected chi connectivity index (χ2v) is 16.4. The molecule has 4 nitrogen and oxygen atoms in total. The minimum atomic E-state index is -0.884. The standard InChI is InChI=1S/C40H64O4/c1-29(17-13-19-31(3)21-22-35-36(5,6)25-33(41)27-38(35,9)43)15-11-12-16-30(2)18-14-20-32(4)23-24-40-37(7,8)26-34(42)28-39(40,10)44-40/h13-14,17-24,30-31,33-35,41-43H,11-12,15-16,25-28H2,1-10H3/b18-14+,19-13+,22-21?,24-23+,29-17+,32-20-/t30?,31?,33-,34-,35?,38+,39+,40-/m0/s1. The van der Waals surface area contributed by atoms with Crippen LogP contribution in [0.1, 0.15) is 121 Å². The van der Waals surface area contributed by atoms with E-state index in [1.165, 1.54) is 30.4 Å². The predicted molar refractivity (Wildman–Crippen MR) is 185 cm³/mol. The van der Waals surface area contributed by atoms with Crippen LogP contribution in [0.2, 0.25) is 0 Å². The van der Waals surface area contributed by atoms with Gasteiger partial charge in [0.2, 0.25) is 0 Å². The van der Waals surface area contributed by atoms with E-state index in [4.69, 9.17) is 4.74 Å². The van der Waals surface area contributed by atoms with Crippen LogP contribution in [0.3, 0.4) is 0 Å². The number of ether oxygens (including phenoxy) is 1. The van der Waals surface area contributed by atoms with Crippen LogP contribution in [0.15, 0.2) is 71.9 Å². The van der Waals surface area contributed by atoms with Gasteiger partial charge in [-0.1, -0.05) is 114 Å². The molecule has 0 aromatic rings. The summed E-state index contributed by atoms with van der Waals surface area (Å²) < 4.78 is 6.26. The second-order valence-electron chi connectivity index (χ2n) is 16.4. The molecule has 44 heavy (non-hydrogen) atoms. The highest BCUT2D eigenvalue weighted by Crippen LogP contribution is 2.66. The van der Waals surface area contributed by atoms with Crippen molar-refractivity contribution >= 4 is 0 Å². The Labute approximate surface area is 269 Å². The summed E-state index contributed by atoms with van der Waals surface area (Å²) in [6.07, 6.45) is 28.7. The average Bonchev–Trinajstić information content (AvgIpc) is 3.49. The lowest BCUT2D eigenvalue weighted by atomic mass is 9.61. The Morgan fingerprint density at radius 2 is 1.50 bits per heavy atom. The molecule has 2 saturated carbocycles. The smallest absolute Gasteiger partial charge is 0.121 e. The fraction of sp³-hybridized carbons (Fsp3) is 0.700. The summed E-state index contributed by atoms with van der Waals surface area (Å²) in [5.41, 5.74) is 0.993. The molecule has 3 unspecified atom stereocenters. The van der Waals surface area contributed by atoms with Gasteiger partial charge in [0.1, 0.15) is 11.2 Å². The maximum Gasteiger partial charge on any atom is 0.121 e. The van der Waals surface area contributed by atoms with Gasteiger partial charge in [0.25, 0.3) is 0 Å². The molecule has 1 aliphatic heterocycles. The van der Waals surface area contributed by atoms with E-state index in [-0.39, 0.29) is 40.0 Å². The van der Waals surface area contributed by atoms with E-state index in [1.807, 2.05) is 6.92 Å². The molecule has 1 heterocycles. The first-order chi connectivity index (χ1) is 20.3. The number of hydrogen-bond acceptors (Lipinski definition) is 4. The summed E-state index contributed by atoms with van der Waals surface area (Å²) in [7, 11) is 0. The van der Waals surface area contributed by atoms with Gasteiger partial charge in [-0.3, -0.25) is 0 Å². The molecule has 0 aromatic heterocycles. The molecule has 4 heteroatoms. The Kier molecular flexibility index (Phi) is 12.0. The lowest BCUT2D eigenvalue weighted by Gasteiger charge is -2.48. The molecule has 0 bridgehead atoms. The molecule has 0 spiro atoms. The predicted octanol–water partition coefficient (Wildman–Crippen LogP) is 9.19. The van der Waals surface area contributed by atoms with E-state index in [1.54, 1.807) is 0 Å². The summed E-state index contributed by atoms with van der Waals surface area (Å²) >= 11 is 0. The van der Waals surface area contributed by atoms with Crippen LogP contribution in [-0.2, 0) is 4.74 Å². The van der Waals surface area contributed by atoms with Crippen molar-refractivity contribution in [1.82, 2.24) is 0 Å². The fourth-order valence-corrected chi connectivity index (χ4v) is 8.29. The van der Waals surface area contributed by atoms with Gasteiger partial charge in [0, 0.05) is 24.2 Å². The van der Waals surface area contributed by atoms with Crippen molar-refractivity contribution in [1.29, 1.82) is 0 Å². The third-order valence-corrected chi connectivity index (χ3v) is 10.7. The Morgan fingerprint density at radius 3 is 2.16 bits per heavy atom. The largest absolute Gasteiger partial charge is 0.393 e. The third kappa shape index (κ3) is 9.18. The highest BCUT2D eigenvalue weighted by atomic mass is 16.6. The van der Waals surface area contributed by atoms with E-state index < -0.39 is 11.7 Å². The van der Waals surface area contributed by atoms with Crippen molar-refractivity contribution in [2.75, 3.05) is 0 Å². The number of fused-ring (bicyclic) bond motifs is 1. The van der Waals surface area contributed by atoms with E-state index in [0.29, 0.717) is 18.8 Å². The Balaban J connectivity index is 1.37. The third-order valence-electron chi connectivity index (χ3n) is 10.7. The molecule has 2 aliphatic carbocycles. The molecule has 0 aromatic carbocycles. The SMILES string of the molecule is CC(=C/C=C/C(C)CCCC/C(C)=C/C=C/C(C)C=CC1C(C)(C)C[C@H](O)C[C@@]1(C)O)/C=C/[C@@]12O[C@]1(C)C[C@@H](O)CC2(C)C. The molecule has 3 N–H and O–H groups in total. The maximum atomic E-state index is 10.9. The molecule has 3 rings (SSSR count). The molecule has 248 valence electrons. The molecule has 1 saturated heterocycles. The minimum absolute atomic E-state index is 0.0279. The van der Waals surface area contributed by atoms with Crippen LogP contribution < -0.4 is 0 Å². The molecule has 3 aliphatic rings. The number of aliphatic hydroxyl groups is 3. The van der Waals surface area contributed by atoms with E-state index >= 15 is 0 Å². The highest BCUT2D eigenvalue weighted by molar-refractivity contribution is 5.35. The topological polar surface area (TPSA) is 73.2 Å². The van der Waals surface area contributed by atoms with Gasteiger partial charge in [-0.05, 0) is 83.1 Å². The monoisotopic (exact) mass is 608 g/mol. The Bertz CT molecular complexity index is 1130. The number of epoxide rings is 1. The molecule has 8 atom stereocenters. The Morgan fingerprint density at radius 1 is 0.841 bits per heavy atom. The van der Waals surface area contributed by atoms with Crippen molar-refractivity contribution in [3.05, 3.63) is 71.9 Å². The van der Waals surface area contributed by atoms with Crippen molar-refractivity contribution in [3.8, 4) is 0 Å². The van der Waals surface area contributed by atoms with E-state index in [9.17, 15) is 15.3 Å². The Hall–Kier alpha value is -1.72. The quantitative estimate of drug-likeness (QED) is 0.0843. The molecular weight excluding hydrogens is 544 g/mol. The second kappa shape index (κ2) is 14.4. The fourth-order valence-electron chi connectivity index (χ4n) is 8.29. The van der Waals surface area contributed by atoms with Crippen LogP contribution in [0, 0.1) is 28.6 Å². The number of unbranched alkanes of at least 4 members (excludes halogenated alkanes) is 1. The van der Waals surface area contributed by atoms with Crippen LogP contribution in [0.4, 0.5) is 0 Å². The molecule has 3 fully saturated rings. The molecule has 0 amide bonds. The number of rotatable bonds is 13. The first-order valence-corrected chi connectivity index (χ1v) is 17.2. The highest BCUT2D eigenvalue weighted by Gasteiger charge is 2.74. The molecular formula is C40H64O4. The van der Waals surface area contributed by atoms with Crippen LogP contribution in [0.5, 0.6) is 0 Å². The first-order valence-electron chi connectivity index (χ1n) is 17.2. The van der Waals surface area contributed by atoms with Gasteiger partial charge in [0.15, 0.2) is 0 Å². The zero-order valence-electron chi connectivity index (χ0n) is 29.6. The summed E-state index contributed by atoms with van der Waals surface area (Å²) in [6, 6.07) is 0. The van der Waals surface area contributed by atoms with Gasteiger partial charge in [-0.2, -0.15) is 0 Å². The van der Waals surface area contributed by atoms with Crippen molar-refractivity contribution in [3.63, 3.8) is 0 Å². The van der Waals surface area contributed by atoms with Gasteiger partial charge in [-0.15, -0.1) is 0 Å². The van der Waals surface area contributed by atoms with Crippen molar-refractivity contribution < 1.29 is 20.1 Å². The van der Waals surface area contributed by atoms with Gasteiger partial charge in [0.05, 0.1) is 17.8 Å². The average molecular weight is 609 g/mol. The summed E-state index contributed by atoms with van der Waals surface area (Å²) in [5, 5.41) is 31.4. The van der Waals surface area contributed by atoms with Gasteiger partial charge >= 0.3 is 0 Å². The lowest BCUT2D eigenvalue weighted by Crippen LogP contribution is -2.50. The zero-order valence-corrected chi connectivity index (χ0v) is 29.6. The number of allylic oxidation sites excluding steroid dienone is 10. The first kappa shape index (κ1) is 36.7. The molecule has 0 radical (unpaired) electrons. The lowest BCUT2D eigenvalue weighted by molar-refractivity contribution is -0.111. The van der Waals surface area contributed by atoms with Crippen LogP contribution in [-0.4, -0.2) is 44.3 Å². The van der Waals surface area contributed by atoms with Gasteiger partial charge < -0.3 is 20.1 Å². The summed E-state index contributed by atoms with van der Waals surface area (Å²) in [6.45, 7) is 21.5. The van der Waals surface area contributed by atoms with Gasteiger partial charge in [-0.25, -0.2) is 0 Å². The summed E-state index contributed by atoms with van der Waals surface area (Å²) in [4.78, 5) is 0. The minimum Gasteiger partial charge on any atom is -0.393 e. The number of hydrogen-bond donors (Lipinski definition) is 3. The van der Waals surface area contributed by atoms with E-state index in [0.717, 1.165) is 19.3 Å². The normalized spacial score (nSPS) is 37.2. The van der Waals surface area contributed by atoms with E-state index in [2.05, 4.69) is 123 Å². The van der Waals surface area contributed by atoms with Crippen molar-refractivity contribution in [2.24, 2.45) is 28.6 Å². The number of aliphatic hydroxyl groups excluding tert-OH is 2.